The van der Waals surface area contributed by atoms with Crippen molar-refractivity contribution in [1.82, 2.24) is 10.0 Å². The molecule has 184 valence electrons. The average molecular weight is 494 g/mol. The molecule has 0 aliphatic carbocycles. The van der Waals surface area contributed by atoms with Crippen LogP contribution in [0.25, 0.3) is 0 Å². The molecule has 3 aromatic rings. The standard InChI is InChI=1S/C26H31N5O3S/c1-3-24-29-25-18(2)5-4-6-23(25)31(24)21-11-7-19(8-12-21)15-16-28-26(32)30-35(33,34)22-13-9-20(17-27)10-14-22/h4-14,24,29H,3,15-17,27H2,1-2H3,(H2,28,30,32). The molecule has 35 heavy (non-hydrogen) atoms. The lowest BCUT2D eigenvalue weighted by Gasteiger charge is -2.26. The smallest absolute Gasteiger partial charge is 0.328 e. The highest BCUT2D eigenvalue weighted by Crippen LogP contribution is 2.42. The number of nitrogens with one attached hydrogen (secondary N) is 3. The van der Waals surface area contributed by atoms with E-state index in [2.05, 4.69) is 59.7 Å². The number of carbonyl (C=O) groups is 1. The largest absolute Gasteiger partial charge is 0.363 e. The van der Waals surface area contributed by atoms with Crippen LogP contribution in [0.1, 0.15) is 30.0 Å². The lowest BCUT2D eigenvalue weighted by Crippen LogP contribution is -2.40. The van der Waals surface area contributed by atoms with Crippen LogP contribution in [0.4, 0.5) is 21.9 Å². The van der Waals surface area contributed by atoms with Crippen LogP contribution in [0.15, 0.2) is 71.6 Å². The first kappa shape index (κ1) is 24.6. The Kier molecular flexibility index (Phi) is 7.28. The highest BCUT2D eigenvalue weighted by molar-refractivity contribution is 7.90. The monoisotopic (exact) mass is 493 g/mol. The molecular formula is C26H31N5O3S. The molecule has 0 bridgehead atoms. The molecule has 0 spiro atoms. The molecule has 0 saturated heterocycles. The maximum absolute atomic E-state index is 12.4. The van der Waals surface area contributed by atoms with Crippen molar-refractivity contribution in [3.05, 3.63) is 83.4 Å². The molecule has 4 rings (SSSR count). The molecule has 8 nitrogen and oxygen atoms in total. The number of anilines is 3. The molecule has 1 unspecified atom stereocenters. The topological polar surface area (TPSA) is 117 Å². The zero-order valence-electron chi connectivity index (χ0n) is 19.9. The zero-order chi connectivity index (χ0) is 25.0. The van der Waals surface area contributed by atoms with Crippen LogP contribution in [0.3, 0.4) is 0 Å². The normalized spacial score (nSPS) is 14.8. The predicted octanol–water partition coefficient (Wildman–Crippen LogP) is 3.98. The highest BCUT2D eigenvalue weighted by atomic mass is 32.2. The highest BCUT2D eigenvalue weighted by Gasteiger charge is 2.29. The number of amides is 2. The van der Waals surface area contributed by atoms with E-state index in [0.717, 1.165) is 23.2 Å². The van der Waals surface area contributed by atoms with Crippen LogP contribution in [0.5, 0.6) is 0 Å². The summed E-state index contributed by atoms with van der Waals surface area (Å²) in [7, 11) is -3.94. The van der Waals surface area contributed by atoms with Gasteiger partial charge in [0.15, 0.2) is 0 Å². The van der Waals surface area contributed by atoms with E-state index in [1.807, 2.05) is 16.9 Å². The number of aryl methyl sites for hydroxylation is 1. The van der Waals surface area contributed by atoms with E-state index in [0.29, 0.717) is 19.5 Å². The summed E-state index contributed by atoms with van der Waals surface area (Å²) in [6.07, 6.45) is 1.72. The second kappa shape index (κ2) is 10.4. The molecule has 2 amide bonds. The number of nitrogens with zero attached hydrogens (tertiary/aromatic N) is 1. The summed E-state index contributed by atoms with van der Waals surface area (Å²) in [6.45, 7) is 4.89. The summed E-state index contributed by atoms with van der Waals surface area (Å²) in [5.74, 6) is 0. The van der Waals surface area contributed by atoms with Gasteiger partial charge < -0.3 is 21.3 Å². The number of hydrogen-bond donors (Lipinski definition) is 4. The van der Waals surface area contributed by atoms with Crippen molar-refractivity contribution in [1.29, 1.82) is 0 Å². The molecule has 0 aromatic heterocycles. The summed E-state index contributed by atoms with van der Waals surface area (Å²) in [6, 6.07) is 19.9. The number of benzene rings is 3. The summed E-state index contributed by atoms with van der Waals surface area (Å²) < 4.78 is 26.8. The lowest BCUT2D eigenvalue weighted by molar-refractivity contribution is 0.246. The number of hydrogen-bond acceptors (Lipinski definition) is 6. The fourth-order valence-electron chi connectivity index (χ4n) is 4.21. The first-order chi connectivity index (χ1) is 16.8. The van der Waals surface area contributed by atoms with Gasteiger partial charge in [0.1, 0.15) is 6.17 Å². The number of para-hydroxylation sites is 1. The number of nitrogens with two attached hydrogens (primary N) is 1. The van der Waals surface area contributed by atoms with E-state index in [4.69, 9.17) is 5.73 Å². The molecule has 0 radical (unpaired) electrons. The Balaban J connectivity index is 1.33. The third-order valence-corrected chi connectivity index (χ3v) is 7.48. The van der Waals surface area contributed by atoms with E-state index >= 15 is 0 Å². The Labute approximate surface area is 206 Å². The van der Waals surface area contributed by atoms with E-state index < -0.39 is 16.1 Å². The van der Waals surface area contributed by atoms with Gasteiger partial charge in [0.25, 0.3) is 10.0 Å². The maximum Gasteiger partial charge on any atom is 0.328 e. The van der Waals surface area contributed by atoms with Gasteiger partial charge in [0, 0.05) is 18.8 Å². The van der Waals surface area contributed by atoms with Crippen molar-refractivity contribution in [2.45, 2.75) is 44.3 Å². The second-order valence-electron chi connectivity index (χ2n) is 8.53. The first-order valence-corrected chi connectivity index (χ1v) is 13.1. The van der Waals surface area contributed by atoms with Gasteiger partial charge in [0.2, 0.25) is 0 Å². The number of carbonyl (C=O) groups excluding carboxylic acids is 1. The molecule has 5 N–H and O–H groups in total. The lowest BCUT2D eigenvalue weighted by atomic mass is 10.1. The van der Waals surface area contributed by atoms with E-state index in [1.54, 1.807) is 12.1 Å². The molecule has 1 aliphatic heterocycles. The van der Waals surface area contributed by atoms with Crippen LogP contribution >= 0.6 is 0 Å². The van der Waals surface area contributed by atoms with Crippen molar-refractivity contribution in [3.8, 4) is 0 Å². The molecule has 9 heteroatoms. The van der Waals surface area contributed by atoms with Gasteiger partial charge in [-0.15, -0.1) is 0 Å². The van der Waals surface area contributed by atoms with E-state index in [1.165, 1.54) is 29.1 Å². The minimum atomic E-state index is -3.94. The summed E-state index contributed by atoms with van der Waals surface area (Å²) in [5, 5.41) is 6.23. The summed E-state index contributed by atoms with van der Waals surface area (Å²) in [5.41, 5.74) is 12.0. The van der Waals surface area contributed by atoms with Crippen LogP contribution < -0.4 is 26.0 Å². The predicted molar refractivity (Wildman–Crippen MR) is 139 cm³/mol. The van der Waals surface area contributed by atoms with Crippen LogP contribution in [-0.2, 0) is 23.0 Å². The minimum absolute atomic E-state index is 0.0130. The van der Waals surface area contributed by atoms with Gasteiger partial charge in [-0.3, -0.25) is 0 Å². The fourth-order valence-corrected chi connectivity index (χ4v) is 5.14. The number of rotatable bonds is 8. The van der Waals surface area contributed by atoms with Gasteiger partial charge in [-0.25, -0.2) is 17.9 Å². The van der Waals surface area contributed by atoms with Gasteiger partial charge in [-0.05, 0) is 66.8 Å². The Morgan fingerprint density at radius 2 is 1.71 bits per heavy atom. The molecule has 0 fully saturated rings. The molecule has 0 saturated carbocycles. The maximum atomic E-state index is 12.4. The molecular weight excluding hydrogens is 462 g/mol. The van der Waals surface area contributed by atoms with Gasteiger partial charge >= 0.3 is 6.03 Å². The molecule has 3 aromatic carbocycles. The first-order valence-electron chi connectivity index (χ1n) is 11.7. The third kappa shape index (κ3) is 5.41. The zero-order valence-corrected chi connectivity index (χ0v) is 20.7. The van der Waals surface area contributed by atoms with Crippen molar-refractivity contribution in [2.24, 2.45) is 5.73 Å². The quantitative estimate of drug-likeness (QED) is 0.377. The van der Waals surface area contributed by atoms with Crippen molar-refractivity contribution in [2.75, 3.05) is 16.8 Å². The second-order valence-corrected chi connectivity index (χ2v) is 10.2. The third-order valence-electron chi connectivity index (χ3n) is 6.13. The number of urea groups is 1. The Morgan fingerprint density at radius 3 is 2.37 bits per heavy atom. The molecule has 1 atom stereocenters. The van der Waals surface area contributed by atoms with Gasteiger partial charge in [0.05, 0.1) is 16.3 Å². The summed E-state index contributed by atoms with van der Waals surface area (Å²) >= 11 is 0. The van der Waals surface area contributed by atoms with Crippen molar-refractivity contribution >= 4 is 33.1 Å². The van der Waals surface area contributed by atoms with Crippen LogP contribution in [-0.4, -0.2) is 27.2 Å². The van der Waals surface area contributed by atoms with Gasteiger partial charge in [-0.2, -0.15) is 0 Å². The average Bonchev–Trinajstić information content (AvgIpc) is 3.24. The van der Waals surface area contributed by atoms with Crippen LogP contribution in [0.2, 0.25) is 0 Å². The number of fused-ring (bicyclic) bond motifs is 1. The van der Waals surface area contributed by atoms with Crippen LogP contribution in [0, 0.1) is 6.92 Å². The van der Waals surface area contributed by atoms with E-state index in [-0.39, 0.29) is 11.1 Å². The Bertz CT molecular complexity index is 1290. The van der Waals surface area contributed by atoms with Crippen molar-refractivity contribution in [3.63, 3.8) is 0 Å². The Morgan fingerprint density at radius 1 is 1.03 bits per heavy atom. The fraction of sp³-hybridized carbons (Fsp3) is 0.269. The number of sulfonamides is 1. The minimum Gasteiger partial charge on any atom is -0.363 e. The Hall–Kier alpha value is -3.56. The van der Waals surface area contributed by atoms with Gasteiger partial charge in [-0.1, -0.05) is 43.3 Å². The van der Waals surface area contributed by atoms with Crippen molar-refractivity contribution < 1.29 is 13.2 Å². The molecule has 1 aliphatic rings. The summed E-state index contributed by atoms with van der Waals surface area (Å²) in [4.78, 5) is 14.5. The SMILES string of the molecule is CCC1Nc2c(C)cccc2N1c1ccc(CCNC(=O)NS(=O)(=O)c2ccc(CN)cc2)cc1. The molecule has 1 heterocycles. The van der Waals surface area contributed by atoms with E-state index in [9.17, 15) is 13.2 Å².